The summed E-state index contributed by atoms with van der Waals surface area (Å²) >= 11 is 0. The van der Waals surface area contributed by atoms with Gasteiger partial charge >= 0.3 is 0 Å². The van der Waals surface area contributed by atoms with E-state index in [2.05, 4.69) is 14.9 Å². The maximum Gasteiger partial charge on any atom is 0.238 e. The first-order valence-electron chi connectivity index (χ1n) is 9.96. The van der Waals surface area contributed by atoms with Gasteiger partial charge in [0.15, 0.2) is 0 Å². The van der Waals surface area contributed by atoms with E-state index in [1.54, 1.807) is 19.5 Å². The lowest BCUT2D eigenvalue weighted by Gasteiger charge is -2.30. The molecular weight excluding hydrogens is 372 g/mol. The number of likely N-dealkylation sites (tertiary alicyclic amines) is 1. The molecule has 3 heterocycles. The molecule has 1 aromatic heterocycles. The summed E-state index contributed by atoms with van der Waals surface area (Å²) in [5, 5.41) is 0. The van der Waals surface area contributed by atoms with Crippen LogP contribution in [0.25, 0.3) is 0 Å². The van der Waals surface area contributed by atoms with Crippen molar-refractivity contribution in [3.05, 3.63) is 42.4 Å². The van der Waals surface area contributed by atoms with E-state index in [0.717, 1.165) is 30.8 Å². The molecule has 2 aromatic rings. The van der Waals surface area contributed by atoms with E-state index in [1.807, 2.05) is 29.2 Å². The van der Waals surface area contributed by atoms with Crippen LogP contribution in [0.3, 0.4) is 0 Å². The molecule has 8 nitrogen and oxygen atoms in total. The predicted molar refractivity (Wildman–Crippen MR) is 106 cm³/mol. The summed E-state index contributed by atoms with van der Waals surface area (Å²) in [7, 11) is 1.63. The van der Waals surface area contributed by atoms with Crippen LogP contribution in [0.2, 0.25) is 0 Å². The van der Waals surface area contributed by atoms with E-state index in [1.165, 1.54) is 0 Å². The molecule has 1 unspecified atom stereocenters. The van der Waals surface area contributed by atoms with Gasteiger partial charge in [0.05, 0.1) is 51.0 Å². The van der Waals surface area contributed by atoms with Crippen molar-refractivity contribution in [1.82, 2.24) is 19.8 Å². The Kier molecular flexibility index (Phi) is 6.21. The number of methoxy groups -OCH3 is 1. The number of ether oxygens (including phenoxy) is 3. The van der Waals surface area contributed by atoms with Crippen molar-refractivity contribution in [3.63, 3.8) is 0 Å². The summed E-state index contributed by atoms with van der Waals surface area (Å²) in [6, 6.07) is 7.41. The first-order chi connectivity index (χ1) is 14.2. The van der Waals surface area contributed by atoms with Crippen LogP contribution in [0.5, 0.6) is 17.4 Å². The fourth-order valence-corrected chi connectivity index (χ4v) is 3.77. The zero-order valence-electron chi connectivity index (χ0n) is 16.6. The summed E-state index contributed by atoms with van der Waals surface area (Å²) < 4.78 is 16.4. The summed E-state index contributed by atoms with van der Waals surface area (Å²) in [6.07, 6.45) is 5.36. The molecule has 0 saturated carbocycles. The second kappa shape index (κ2) is 9.19. The number of amides is 1. The second-order valence-electron chi connectivity index (χ2n) is 7.18. The predicted octanol–water partition coefficient (Wildman–Crippen LogP) is 2.27. The molecule has 1 aromatic carbocycles. The zero-order chi connectivity index (χ0) is 20.1. The van der Waals surface area contributed by atoms with Crippen LogP contribution in [-0.2, 0) is 9.53 Å². The highest BCUT2D eigenvalue weighted by Gasteiger charge is 2.30. The Morgan fingerprint density at radius 3 is 2.66 bits per heavy atom. The number of nitrogens with zero attached hydrogens (tertiary/aromatic N) is 4. The minimum atomic E-state index is 0.0758. The normalized spacial score (nSPS) is 19.9. The SMILES string of the molecule is COc1ccc(Oc2cncc(C3CCCN3CC(=O)N3CCOCC3)n2)cc1. The third kappa shape index (κ3) is 4.83. The van der Waals surface area contributed by atoms with E-state index in [0.29, 0.717) is 44.5 Å². The van der Waals surface area contributed by atoms with E-state index in [4.69, 9.17) is 14.2 Å². The van der Waals surface area contributed by atoms with Crippen LogP contribution in [0.4, 0.5) is 0 Å². The summed E-state index contributed by atoms with van der Waals surface area (Å²) in [6.45, 7) is 3.85. The number of rotatable bonds is 6. The van der Waals surface area contributed by atoms with Crippen molar-refractivity contribution in [2.24, 2.45) is 0 Å². The quantitative estimate of drug-likeness (QED) is 0.739. The van der Waals surface area contributed by atoms with Crippen molar-refractivity contribution in [3.8, 4) is 17.4 Å². The molecule has 4 rings (SSSR count). The lowest BCUT2D eigenvalue weighted by molar-refractivity contribution is -0.136. The third-order valence-corrected chi connectivity index (χ3v) is 5.32. The highest BCUT2D eigenvalue weighted by molar-refractivity contribution is 5.78. The van der Waals surface area contributed by atoms with Crippen molar-refractivity contribution < 1.29 is 19.0 Å². The molecule has 8 heteroatoms. The number of carbonyl (C=O) groups is 1. The lowest BCUT2D eigenvalue weighted by atomic mass is 10.1. The van der Waals surface area contributed by atoms with Crippen molar-refractivity contribution in [2.45, 2.75) is 18.9 Å². The molecule has 1 atom stereocenters. The van der Waals surface area contributed by atoms with E-state index in [-0.39, 0.29) is 11.9 Å². The molecule has 29 heavy (non-hydrogen) atoms. The van der Waals surface area contributed by atoms with Crippen LogP contribution in [0.1, 0.15) is 24.6 Å². The van der Waals surface area contributed by atoms with Crippen LogP contribution >= 0.6 is 0 Å². The van der Waals surface area contributed by atoms with Gasteiger partial charge in [0, 0.05) is 13.1 Å². The van der Waals surface area contributed by atoms with Crippen LogP contribution in [0.15, 0.2) is 36.7 Å². The highest BCUT2D eigenvalue weighted by atomic mass is 16.5. The topological polar surface area (TPSA) is 77.0 Å². The fourth-order valence-electron chi connectivity index (χ4n) is 3.77. The molecule has 0 spiro atoms. The molecule has 0 N–H and O–H groups in total. The molecule has 2 saturated heterocycles. The zero-order valence-corrected chi connectivity index (χ0v) is 16.6. The first-order valence-corrected chi connectivity index (χ1v) is 9.96. The van der Waals surface area contributed by atoms with Crippen LogP contribution < -0.4 is 9.47 Å². The van der Waals surface area contributed by atoms with Gasteiger partial charge in [0.25, 0.3) is 0 Å². The average Bonchev–Trinajstić information content (AvgIpc) is 3.23. The maximum atomic E-state index is 12.6. The molecular formula is C21H26N4O4. The molecule has 0 radical (unpaired) electrons. The average molecular weight is 398 g/mol. The smallest absolute Gasteiger partial charge is 0.238 e. The van der Waals surface area contributed by atoms with Gasteiger partial charge in [0.1, 0.15) is 11.5 Å². The molecule has 0 aliphatic carbocycles. The largest absolute Gasteiger partial charge is 0.497 e. The fraction of sp³-hybridized carbons (Fsp3) is 0.476. The number of morpholine rings is 1. The monoisotopic (exact) mass is 398 g/mol. The van der Waals surface area contributed by atoms with Gasteiger partial charge < -0.3 is 19.1 Å². The Labute approximate surface area is 170 Å². The first kappa shape index (κ1) is 19.6. The minimum absolute atomic E-state index is 0.0758. The molecule has 2 aliphatic rings. The van der Waals surface area contributed by atoms with Gasteiger partial charge in [0.2, 0.25) is 11.8 Å². The molecule has 2 fully saturated rings. The molecule has 1 amide bonds. The number of hydrogen-bond acceptors (Lipinski definition) is 7. The van der Waals surface area contributed by atoms with Gasteiger partial charge in [-0.05, 0) is 43.7 Å². The molecule has 154 valence electrons. The van der Waals surface area contributed by atoms with Gasteiger partial charge in [-0.2, -0.15) is 0 Å². The number of aromatic nitrogens is 2. The maximum absolute atomic E-state index is 12.6. The van der Waals surface area contributed by atoms with Gasteiger partial charge in [-0.25, -0.2) is 4.98 Å². The minimum Gasteiger partial charge on any atom is -0.497 e. The summed E-state index contributed by atoms with van der Waals surface area (Å²) in [5.74, 6) is 2.03. The van der Waals surface area contributed by atoms with Crippen molar-refractivity contribution in [2.75, 3.05) is 46.5 Å². The Morgan fingerprint density at radius 2 is 1.90 bits per heavy atom. The number of hydrogen-bond donors (Lipinski definition) is 0. The summed E-state index contributed by atoms with van der Waals surface area (Å²) in [4.78, 5) is 25.7. The third-order valence-electron chi connectivity index (χ3n) is 5.32. The van der Waals surface area contributed by atoms with Crippen molar-refractivity contribution >= 4 is 5.91 Å². The van der Waals surface area contributed by atoms with Crippen LogP contribution in [0, 0.1) is 0 Å². The van der Waals surface area contributed by atoms with Gasteiger partial charge in [-0.15, -0.1) is 0 Å². The van der Waals surface area contributed by atoms with Crippen molar-refractivity contribution in [1.29, 1.82) is 0 Å². The van der Waals surface area contributed by atoms with Crippen LogP contribution in [-0.4, -0.2) is 72.2 Å². The number of carbonyl (C=O) groups excluding carboxylic acids is 1. The van der Waals surface area contributed by atoms with E-state index in [9.17, 15) is 4.79 Å². The Bertz CT molecular complexity index is 824. The molecule has 2 aliphatic heterocycles. The Balaban J connectivity index is 1.42. The highest BCUT2D eigenvalue weighted by Crippen LogP contribution is 2.31. The van der Waals surface area contributed by atoms with E-state index < -0.39 is 0 Å². The summed E-state index contributed by atoms with van der Waals surface area (Å²) in [5.41, 5.74) is 0.836. The Morgan fingerprint density at radius 1 is 1.14 bits per heavy atom. The second-order valence-corrected chi connectivity index (χ2v) is 7.18. The lowest BCUT2D eigenvalue weighted by Crippen LogP contribution is -2.45. The van der Waals surface area contributed by atoms with Gasteiger partial charge in [-0.3, -0.25) is 14.7 Å². The Hall–Kier alpha value is -2.71. The van der Waals surface area contributed by atoms with Gasteiger partial charge in [-0.1, -0.05) is 0 Å². The molecule has 0 bridgehead atoms. The standard InChI is InChI=1S/C21H26N4O4/c1-27-16-4-6-17(7-5-16)29-20-14-22-13-18(23-20)19-3-2-8-25(19)15-21(26)24-9-11-28-12-10-24/h4-7,13-14,19H,2-3,8-12,15H2,1H3. The van der Waals surface area contributed by atoms with E-state index >= 15 is 0 Å². The number of benzene rings is 1.